The van der Waals surface area contributed by atoms with Crippen LogP contribution in [0.1, 0.15) is 43.0 Å². The second kappa shape index (κ2) is 9.96. The zero-order chi connectivity index (χ0) is 23.4. The molecule has 1 aliphatic heterocycles. The van der Waals surface area contributed by atoms with Crippen molar-refractivity contribution in [1.29, 1.82) is 0 Å². The highest BCUT2D eigenvalue weighted by Gasteiger charge is 2.45. The normalized spacial score (nSPS) is 17.9. The number of amides is 1. The van der Waals surface area contributed by atoms with Crippen LogP contribution in [0.25, 0.3) is 5.76 Å². The van der Waals surface area contributed by atoms with Gasteiger partial charge in [-0.05, 0) is 68.7 Å². The van der Waals surface area contributed by atoms with E-state index in [0.717, 1.165) is 0 Å². The molecule has 1 heterocycles. The van der Waals surface area contributed by atoms with Crippen molar-refractivity contribution in [2.45, 2.75) is 39.3 Å². The smallest absolute Gasteiger partial charge is 0.295 e. The molecular formula is C25H28FNO5. The number of aliphatic hydroxyl groups is 1. The number of carbonyl (C=O) groups excluding carboxylic acids is 2. The Balaban J connectivity index is 2.05. The molecule has 1 N–H and O–H groups in total. The van der Waals surface area contributed by atoms with Crippen molar-refractivity contribution in [3.8, 4) is 5.75 Å². The number of hydrogen-bond acceptors (Lipinski definition) is 5. The Morgan fingerprint density at radius 2 is 1.84 bits per heavy atom. The van der Waals surface area contributed by atoms with E-state index < -0.39 is 23.5 Å². The summed E-state index contributed by atoms with van der Waals surface area (Å²) < 4.78 is 24.5. The fraction of sp³-hybridized carbons (Fsp3) is 0.360. The van der Waals surface area contributed by atoms with Gasteiger partial charge in [-0.3, -0.25) is 9.59 Å². The van der Waals surface area contributed by atoms with Gasteiger partial charge >= 0.3 is 0 Å². The summed E-state index contributed by atoms with van der Waals surface area (Å²) in [5, 5.41) is 11.0. The highest BCUT2D eigenvalue weighted by molar-refractivity contribution is 6.46. The number of ketones is 1. The van der Waals surface area contributed by atoms with Gasteiger partial charge in [0.05, 0.1) is 24.8 Å². The summed E-state index contributed by atoms with van der Waals surface area (Å²) in [5.74, 6) is -1.57. The van der Waals surface area contributed by atoms with Crippen LogP contribution in [-0.4, -0.2) is 48.1 Å². The molecule has 1 unspecified atom stereocenters. The number of aliphatic hydroxyl groups excluding tert-OH is 1. The van der Waals surface area contributed by atoms with Crippen LogP contribution in [0.5, 0.6) is 5.75 Å². The van der Waals surface area contributed by atoms with Crippen molar-refractivity contribution in [1.82, 2.24) is 4.90 Å². The molecule has 1 atom stereocenters. The van der Waals surface area contributed by atoms with Gasteiger partial charge in [0.2, 0.25) is 0 Å². The second-order valence-electron chi connectivity index (χ2n) is 8.00. The van der Waals surface area contributed by atoms with Gasteiger partial charge in [0.15, 0.2) is 0 Å². The van der Waals surface area contributed by atoms with Crippen LogP contribution in [0.15, 0.2) is 48.0 Å². The Morgan fingerprint density at radius 1 is 1.16 bits per heavy atom. The fourth-order valence-electron chi connectivity index (χ4n) is 3.74. The minimum absolute atomic E-state index is 0.0176. The number of ether oxygens (including phenoxy) is 2. The van der Waals surface area contributed by atoms with E-state index in [4.69, 9.17) is 9.47 Å². The molecular weight excluding hydrogens is 413 g/mol. The first-order valence-corrected chi connectivity index (χ1v) is 10.5. The third-order valence-corrected chi connectivity index (χ3v) is 5.40. The molecule has 0 saturated carbocycles. The van der Waals surface area contributed by atoms with Gasteiger partial charge < -0.3 is 19.5 Å². The van der Waals surface area contributed by atoms with E-state index in [0.29, 0.717) is 29.9 Å². The molecule has 7 heteroatoms. The molecule has 0 bridgehead atoms. The third kappa shape index (κ3) is 4.83. The molecule has 32 heavy (non-hydrogen) atoms. The van der Waals surface area contributed by atoms with E-state index in [9.17, 15) is 19.1 Å². The van der Waals surface area contributed by atoms with Crippen molar-refractivity contribution in [3.63, 3.8) is 0 Å². The van der Waals surface area contributed by atoms with Gasteiger partial charge in [-0.15, -0.1) is 0 Å². The number of hydrogen-bond donors (Lipinski definition) is 1. The Morgan fingerprint density at radius 3 is 2.44 bits per heavy atom. The molecule has 0 aromatic heterocycles. The SMILES string of the molecule is COc1ccc(C2/C(=C(/O)c3ccc(F)c(C)c3)C(=O)C(=O)N2CCCOC(C)C)cc1. The number of likely N-dealkylation sites (tertiary alicyclic amines) is 1. The average Bonchev–Trinajstić information content (AvgIpc) is 3.02. The van der Waals surface area contributed by atoms with Crippen LogP contribution < -0.4 is 4.74 Å². The lowest BCUT2D eigenvalue weighted by atomic mass is 9.94. The third-order valence-electron chi connectivity index (χ3n) is 5.40. The number of nitrogens with zero attached hydrogens (tertiary/aromatic N) is 1. The molecule has 2 aromatic rings. The minimum Gasteiger partial charge on any atom is -0.507 e. The largest absolute Gasteiger partial charge is 0.507 e. The Hall–Kier alpha value is -3.19. The van der Waals surface area contributed by atoms with Crippen LogP contribution in [0.2, 0.25) is 0 Å². The fourth-order valence-corrected chi connectivity index (χ4v) is 3.74. The predicted molar refractivity (Wildman–Crippen MR) is 119 cm³/mol. The molecule has 6 nitrogen and oxygen atoms in total. The Bertz CT molecular complexity index is 1030. The lowest BCUT2D eigenvalue weighted by Crippen LogP contribution is -2.31. The molecule has 1 saturated heterocycles. The van der Waals surface area contributed by atoms with Gasteiger partial charge in [-0.1, -0.05) is 12.1 Å². The number of methoxy groups -OCH3 is 1. The first-order chi connectivity index (χ1) is 15.2. The summed E-state index contributed by atoms with van der Waals surface area (Å²) in [6.45, 7) is 6.14. The summed E-state index contributed by atoms with van der Waals surface area (Å²) in [7, 11) is 1.55. The van der Waals surface area contributed by atoms with E-state index in [1.807, 2.05) is 13.8 Å². The van der Waals surface area contributed by atoms with E-state index >= 15 is 0 Å². The summed E-state index contributed by atoms with van der Waals surface area (Å²) >= 11 is 0. The molecule has 170 valence electrons. The molecule has 0 aliphatic carbocycles. The van der Waals surface area contributed by atoms with Crippen LogP contribution in [-0.2, 0) is 14.3 Å². The zero-order valence-corrected chi connectivity index (χ0v) is 18.7. The molecule has 2 aromatic carbocycles. The predicted octanol–water partition coefficient (Wildman–Crippen LogP) is 4.38. The highest BCUT2D eigenvalue weighted by Crippen LogP contribution is 2.40. The van der Waals surface area contributed by atoms with E-state index in [-0.39, 0.29) is 29.5 Å². The van der Waals surface area contributed by atoms with Gasteiger partial charge in [-0.2, -0.15) is 0 Å². The summed E-state index contributed by atoms with van der Waals surface area (Å²) in [5.41, 5.74) is 1.25. The Labute approximate surface area is 187 Å². The molecule has 0 spiro atoms. The molecule has 1 amide bonds. The van der Waals surface area contributed by atoms with Crippen LogP contribution in [0.3, 0.4) is 0 Å². The number of benzene rings is 2. The molecule has 0 radical (unpaired) electrons. The zero-order valence-electron chi connectivity index (χ0n) is 18.7. The van der Waals surface area contributed by atoms with Gasteiger partial charge in [-0.25, -0.2) is 4.39 Å². The first kappa shape index (κ1) is 23.5. The van der Waals surface area contributed by atoms with Gasteiger partial charge in [0, 0.05) is 18.7 Å². The quantitative estimate of drug-likeness (QED) is 0.285. The molecule has 1 aliphatic rings. The van der Waals surface area contributed by atoms with Crippen LogP contribution >= 0.6 is 0 Å². The number of Topliss-reactive ketones (excluding diaryl/α,β-unsaturated/α-hetero) is 1. The van der Waals surface area contributed by atoms with Crippen molar-refractivity contribution < 1.29 is 28.6 Å². The van der Waals surface area contributed by atoms with Crippen molar-refractivity contribution in [3.05, 3.63) is 70.5 Å². The summed E-state index contributed by atoms with van der Waals surface area (Å²) in [6.07, 6.45) is 0.595. The average molecular weight is 441 g/mol. The van der Waals surface area contributed by atoms with Gasteiger partial charge in [0.1, 0.15) is 17.3 Å². The number of aryl methyl sites for hydroxylation is 1. The summed E-state index contributed by atoms with van der Waals surface area (Å²) in [4.78, 5) is 27.4. The number of halogens is 1. The lowest BCUT2D eigenvalue weighted by Gasteiger charge is -2.25. The maximum atomic E-state index is 13.7. The Kier molecular flexibility index (Phi) is 7.30. The first-order valence-electron chi connectivity index (χ1n) is 10.5. The van der Waals surface area contributed by atoms with Crippen molar-refractivity contribution >= 4 is 17.4 Å². The van der Waals surface area contributed by atoms with Crippen molar-refractivity contribution in [2.75, 3.05) is 20.3 Å². The number of rotatable bonds is 8. The van der Waals surface area contributed by atoms with Crippen molar-refractivity contribution in [2.24, 2.45) is 0 Å². The van der Waals surface area contributed by atoms with Crippen LogP contribution in [0.4, 0.5) is 4.39 Å². The van der Waals surface area contributed by atoms with Crippen LogP contribution in [0, 0.1) is 12.7 Å². The monoisotopic (exact) mass is 441 g/mol. The molecule has 1 fully saturated rings. The van der Waals surface area contributed by atoms with E-state index in [1.54, 1.807) is 38.3 Å². The lowest BCUT2D eigenvalue weighted by molar-refractivity contribution is -0.140. The number of carbonyl (C=O) groups is 2. The van der Waals surface area contributed by atoms with E-state index in [1.165, 1.54) is 23.1 Å². The minimum atomic E-state index is -0.773. The topological polar surface area (TPSA) is 76.1 Å². The standard InChI is InChI=1S/C25H28FNO5/c1-15(2)32-13-5-12-27-22(17-6-9-19(31-4)10-7-17)21(24(29)25(27)30)23(28)18-8-11-20(26)16(3)14-18/h6-11,14-15,22,28H,5,12-13H2,1-4H3/b23-21-. The van der Waals surface area contributed by atoms with Gasteiger partial charge in [0.25, 0.3) is 11.7 Å². The molecule has 3 rings (SSSR count). The summed E-state index contributed by atoms with van der Waals surface area (Å²) in [6, 6.07) is 10.3. The second-order valence-corrected chi connectivity index (χ2v) is 8.00. The van der Waals surface area contributed by atoms with E-state index in [2.05, 4.69) is 0 Å². The maximum Gasteiger partial charge on any atom is 0.295 e. The highest BCUT2D eigenvalue weighted by atomic mass is 19.1. The maximum absolute atomic E-state index is 13.7.